The van der Waals surface area contributed by atoms with E-state index >= 15 is 0 Å². The zero-order valence-corrected chi connectivity index (χ0v) is 12.3. The third-order valence-electron chi connectivity index (χ3n) is 3.59. The van der Waals surface area contributed by atoms with Crippen LogP contribution in [0.3, 0.4) is 0 Å². The van der Waals surface area contributed by atoms with Crippen LogP contribution in [0.5, 0.6) is 0 Å². The van der Waals surface area contributed by atoms with Crippen LogP contribution in [-0.2, 0) is 6.42 Å². The highest BCUT2D eigenvalue weighted by molar-refractivity contribution is 5.20. The Kier molecular flexibility index (Phi) is 5.88. The quantitative estimate of drug-likeness (QED) is 0.783. The molecule has 0 aliphatic rings. The Morgan fingerprint density at radius 1 is 1.00 bits per heavy atom. The van der Waals surface area contributed by atoms with E-state index in [0.29, 0.717) is 6.04 Å². The maximum Gasteiger partial charge on any atom is 0.159 e. The van der Waals surface area contributed by atoms with Crippen LogP contribution in [0.15, 0.2) is 48.5 Å². The van der Waals surface area contributed by atoms with Gasteiger partial charge in [-0.3, -0.25) is 0 Å². The Labute approximate surface area is 125 Å². The summed E-state index contributed by atoms with van der Waals surface area (Å²) in [6, 6.07) is 14.8. The number of hydrogen-bond acceptors (Lipinski definition) is 1. The standard InChI is InChI=1S/C18H21F2N/c1-2-21-18(15-8-4-3-5-9-15)10-6-7-14-11-12-16(19)17(20)13-14/h3-5,8-9,11-13,18,21H,2,6-7,10H2,1H3. The molecule has 0 saturated heterocycles. The highest BCUT2D eigenvalue weighted by Gasteiger charge is 2.10. The van der Waals surface area contributed by atoms with Crippen LogP contribution < -0.4 is 5.32 Å². The first-order valence-electron chi connectivity index (χ1n) is 7.43. The summed E-state index contributed by atoms with van der Waals surface area (Å²) >= 11 is 0. The summed E-state index contributed by atoms with van der Waals surface area (Å²) in [5, 5.41) is 3.47. The number of halogens is 2. The van der Waals surface area contributed by atoms with Gasteiger partial charge in [0, 0.05) is 6.04 Å². The van der Waals surface area contributed by atoms with Crippen molar-refractivity contribution in [2.75, 3.05) is 6.54 Å². The molecule has 0 aliphatic heterocycles. The fraction of sp³-hybridized carbons (Fsp3) is 0.333. The predicted octanol–water partition coefficient (Wildman–Crippen LogP) is 4.64. The summed E-state index contributed by atoms with van der Waals surface area (Å²) in [7, 11) is 0. The van der Waals surface area contributed by atoms with Crippen molar-refractivity contribution in [3.05, 3.63) is 71.3 Å². The molecule has 2 aromatic carbocycles. The van der Waals surface area contributed by atoms with Gasteiger partial charge >= 0.3 is 0 Å². The highest BCUT2D eigenvalue weighted by atomic mass is 19.2. The van der Waals surface area contributed by atoms with Crippen LogP contribution in [0.25, 0.3) is 0 Å². The first kappa shape index (κ1) is 15.6. The smallest absolute Gasteiger partial charge is 0.159 e. The molecule has 0 heterocycles. The second kappa shape index (κ2) is 7.89. The third kappa shape index (κ3) is 4.64. The van der Waals surface area contributed by atoms with Crippen molar-refractivity contribution in [3.8, 4) is 0 Å². The van der Waals surface area contributed by atoms with Gasteiger partial charge in [0.05, 0.1) is 0 Å². The topological polar surface area (TPSA) is 12.0 Å². The van der Waals surface area contributed by atoms with Crippen LogP contribution in [-0.4, -0.2) is 6.54 Å². The Hall–Kier alpha value is -1.74. The number of aryl methyl sites for hydroxylation is 1. The highest BCUT2D eigenvalue weighted by Crippen LogP contribution is 2.20. The fourth-order valence-electron chi connectivity index (χ4n) is 2.52. The predicted molar refractivity (Wildman–Crippen MR) is 82.2 cm³/mol. The summed E-state index contributed by atoms with van der Waals surface area (Å²) in [6.45, 7) is 3.00. The van der Waals surface area contributed by atoms with Crippen molar-refractivity contribution in [2.45, 2.75) is 32.2 Å². The van der Waals surface area contributed by atoms with E-state index in [4.69, 9.17) is 0 Å². The molecule has 21 heavy (non-hydrogen) atoms. The van der Waals surface area contributed by atoms with E-state index in [2.05, 4.69) is 24.4 Å². The van der Waals surface area contributed by atoms with E-state index in [-0.39, 0.29) is 0 Å². The normalized spacial score (nSPS) is 12.3. The van der Waals surface area contributed by atoms with E-state index < -0.39 is 11.6 Å². The third-order valence-corrected chi connectivity index (χ3v) is 3.59. The molecule has 112 valence electrons. The molecule has 3 heteroatoms. The average Bonchev–Trinajstić information content (AvgIpc) is 2.51. The van der Waals surface area contributed by atoms with Crippen molar-refractivity contribution in [2.24, 2.45) is 0 Å². The molecule has 1 N–H and O–H groups in total. The summed E-state index contributed by atoms with van der Waals surface area (Å²) in [5.74, 6) is -1.55. The van der Waals surface area contributed by atoms with Gasteiger partial charge in [0.15, 0.2) is 11.6 Å². The maximum atomic E-state index is 13.2. The van der Waals surface area contributed by atoms with E-state index in [9.17, 15) is 8.78 Å². The van der Waals surface area contributed by atoms with Crippen LogP contribution >= 0.6 is 0 Å². The van der Waals surface area contributed by atoms with Gasteiger partial charge in [0.2, 0.25) is 0 Å². The van der Waals surface area contributed by atoms with Crippen LogP contribution in [0.1, 0.15) is 36.9 Å². The van der Waals surface area contributed by atoms with Gasteiger partial charge in [0.1, 0.15) is 0 Å². The lowest BCUT2D eigenvalue weighted by molar-refractivity contribution is 0.493. The van der Waals surface area contributed by atoms with Gasteiger partial charge in [-0.05, 0) is 49.1 Å². The zero-order valence-electron chi connectivity index (χ0n) is 12.3. The molecule has 0 spiro atoms. The van der Waals surface area contributed by atoms with Gasteiger partial charge in [-0.25, -0.2) is 8.78 Å². The summed E-state index contributed by atoms with van der Waals surface area (Å²) < 4.78 is 26.0. The average molecular weight is 289 g/mol. The molecule has 1 unspecified atom stereocenters. The van der Waals surface area contributed by atoms with Crippen LogP contribution in [0.4, 0.5) is 8.78 Å². The second-order valence-corrected chi connectivity index (χ2v) is 5.16. The van der Waals surface area contributed by atoms with E-state index in [1.54, 1.807) is 6.07 Å². The molecule has 0 aromatic heterocycles. The molecule has 1 atom stereocenters. The monoisotopic (exact) mass is 289 g/mol. The number of hydrogen-bond donors (Lipinski definition) is 1. The lowest BCUT2D eigenvalue weighted by Crippen LogP contribution is -2.20. The molecule has 0 saturated carbocycles. The van der Waals surface area contributed by atoms with Crippen molar-refractivity contribution in [3.63, 3.8) is 0 Å². The van der Waals surface area contributed by atoms with Gasteiger partial charge in [-0.2, -0.15) is 0 Å². The lowest BCUT2D eigenvalue weighted by Gasteiger charge is -2.18. The Morgan fingerprint density at radius 2 is 1.76 bits per heavy atom. The van der Waals surface area contributed by atoms with Gasteiger partial charge in [-0.15, -0.1) is 0 Å². The Morgan fingerprint density at radius 3 is 2.43 bits per heavy atom. The minimum Gasteiger partial charge on any atom is -0.310 e. The van der Waals surface area contributed by atoms with Crippen LogP contribution in [0, 0.1) is 11.6 Å². The van der Waals surface area contributed by atoms with Crippen molar-refractivity contribution < 1.29 is 8.78 Å². The molecule has 2 aromatic rings. The van der Waals surface area contributed by atoms with E-state index in [1.165, 1.54) is 17.7 Å². The fourth-order valence-corrected chi connectivity index (χ4v) is 2.52. The molecule has 1 nitrogen and oxygen atoms in total. The number of benzene rings is 2. The number of rotatable bonds is 7. The first-order chi connectivity index (χ1) is 10.2. The Bertz CT molecular complexity index is 554. The Balaban J connectivity index is 1.91. The zero-order chi connectivity index (χ0) is 15.1. The maximum absolute atomic E-state index is 13.2. The SMILES string of the molecule is CCNC(CCCc1ccc(F)c(F)c1)c1ccccc1. The lowest BCUT2D eigenvalue weighted by atomic mass is 9.99. The second-order valence-electron chi connectivity index (χ2n) is 5.16. The molecule has 0 amide bonds. The largest absolute Gasteiger partial charge is 0.310 e. The summed E-state index contributed by atoms with van der Waals surface area (Å²) in [5.41, 5.74) is 2.11. The number of nitrogens with one attached hydrogen (secondary N) is 1. The molecule has 0 aliphatic carbocycles. The molecule has 0 radical (unpaired) electrons. The van der Waals surface area contributed by atoms with E-state index in [0.717, 1.165) is 31.4 Å². The molecule has 2 rings (SSSR count). The van der Waals surface area contributed by atoms with E-state index in [1.807, 2.05) is 18.2 Å². The van der Waals surface area contributed by atoms with Crippen molar-refractivity contribution in [1.29, 1.82) is 0 Å². The molecule has 0 bridgehead atoms. The summed E-state index contributed by atoms with van der Waals surface area (Å²) in [6.07, 6.45) is 2.65. The summed E-state index contributed by atoms with van der Waals surface area (Å²) in [4.78, 5) is 0. The molecular formula is C18H21F2N. The molecule has 0 fully saturated rings. The van der Waals surface area contributed by atoms with Crippen molar-refractivity contribution in [1.82, 2.24) is 5.32 Å². The van der Waals surface area contributed by atoms with Crippen molar-refractivity contribution >= 4 is 0 Å². The van der Waals surface area contributed by atoms with Crippen LogP contribution in [0.2, 0.25) is 0 Å². The minimum atomic E-state index is -0.784. The minimum absolute atomic E-state index is 0.307. The van der Waals surface area contributed by atoms with Gasteiger partial charge in [0.25, 0.3) is 0 Å². The van der Waals surface area contributed by atoms with Gasteiger partial charge in [-0.1, -0.05) is 43.3 Å². The van der Waals surface area contributed by atoms with Gasteiger partial charge < -0.3 is 5.32 Å². The molecular weight excluding hydrogens is 268 g/mol. The first-order valence-corrected chi connectivity index (χ1v) is 7.43.